The predicted octanol–water partition coefficient (Wildman–Crippen LogP) is 5.00. The van der Waals surface area contributed by atoms with Crippen molar-refractivity contribution >= 4 is 50.4 Å². The Bertz CT molecular complexity index is 1300. The molecule has 0 spiro atoms. The highest BCUT2D eigenvalue weighted by molar-refractivity contribution is 7.91. The van der Waals surface area contributed by atoms with Crippen molar-refractivity contribution in [3.63, 3.8) is 0 Å². The van der Waals surface area contributed by atoms with Crippen LogP contribution >= 0.6 is 23.2 Å². The molecule has 0 aromatic heterocycles. The Balaban J connectivity index is 1.42. The van der Waals surface area contributed by atoms with E-state index in [1.165, 1.54) is 12.1 Å². The third-order valence-electron chi connectivity index (χ3n) is 5.43. The maximum atomic E-state index is 12.7. The summed E-state index contributed by atoms with van der Waals surface area (Å²) in [5, 5.41) is 3.88. The van der Waals surface area contributed by atoms with E-state index in [1.807, 2.05) is 18.2 Å². The van der Waals surface area contributed by atoms with E-state index in [1.54, 1.807) is 36.4 Å². The van der Waals surface area contributed by atoms with Crippen LogP contribution < -0.4 is 5.32 Å². The Morgan fingerprint density at radius 2 is 1.69 bits per heavy atom. The molecule has 5 nitrogen and oxygen atoms in total. The third-order valence-corrected chi connectivity index (χ3v) is 7.81. The molecule has 8 heteroatoms. The van der Waals surface area contributed by atoms with Gasteiger partial charge >= 0.3 is 0 Å². The quantitative estimate of drug-likeness (QED) is 0.513. The molecular weight excluding hydrogens is 469 g/mol. The lowest BCUT2D eigenvalue weighted by Crippen LogP contribution is -2.39. The number of rotatable bonds is 5. The third kappa shape index (κ3) is 4.72. The topological polar surface area (TPSA) is 80.3 Å². The number of sulfone groups is 1. The molecule has 0 saturated carbocycles. The number of halogens is 2. The van der Waals surface area contributed by atoms with Gasteiger partial charge < -0.3 is 5.32 Å². The fourth-order valence-electron chi connectivity index (χ4n) is 3.70. The molecule has 32 heavy (non-hydrogen) atoms. The molecule has 164 valence electrons. The van der Waals surface area contributed by atoms with Crippen LogP contribution in [0, 0.1) is 5.92 Å². The van der Waals surface area contributed by atoms with Crippen molar-refractivity contribution in [1.29, 1.82) is 0 Å². The smallest absolute Gasteiger partial charge is 0.236 e. The van der Waals surface area contributed by atoms with Gasteiger partial charge in [-0.1, -0.05) is 59.6 Å². The summed E-state index contributed by atoms with van der Waals surface area (Å²) in [7, 11) is -3.71. The van der Waals surface area contributed by atoms with Gasteiger partial charge in [-0.2, -0.15) is 0 Å². The number of carbonyl (C=O) groups is 2. The number of ketones is 1. The van der Waals surface area contributed by atoms with E-state index < -0.39 is 33.2 Å². The first kappa shape index (κ1) is 22.5. The van der Waals surface area contributed by atoms with Crippen LogP contribution in [0.1, 0.15) is 21.5 Å². The van der Waals surface area contributed by atoms with E-state index in [-0.39, 0.29) is 10.5 Å². The van der Waals surface area contributed by atoms with Crippen LogP contribution in [-0.2, 0) is 27.5 Å². The Kier molecular flexibility index (Phi) is 6.38. The molecular formula is C24H19Cl2NO4S. The van der Waals surface area contributed by atoms with Crippen LogP contribution in [0.15, 0.2) is 71.6 Å². The minimum Gasteiger partial charge on any atom is -0.325 e. The Morgan fingerprint density at radius 1 is 0.969 bits per heavy atom. The van der Waals surface area contributed by atoms with Gasteiger partial charge in [-0.25, -0.2) is 8.42 Å². The van der Waals surface area contributed by atoms with Gasteiger partial charge in [0.15, 0.2) is 15.6 Å². The van der Waals surface area contributed by atoms with Crippen LogP contribution in [0.2, 0.25) is 10.0 Å². The summed E-state index contributed by atoms with van der Waals surface area (Å²) in [5.41, 5.74) is 2.59. The Hall–Kier alpha value is -2.67. The van der Waals surface area contributed by atoms with E-state index in [0.29, 0.717) is 15.7 Å². The molecule has 1 aliphatic rings. The zero-order chi connectivity index (χ0) is 22.9. The van der Waals surface area contributed by atoms with Gasteiger partial charge in [0.1, 0.15) is 5.92 Å². The highest BCUT2D eigenvalue weighted by atomic mass is 35.5. The maximum Gasteiger partial charge on any atom is 0.236 e. The lowest BCUT2D eigenvalue weighted by molar-refractivity contribution is -0.118. The summed E-state index contributed by atoms with van der Waals surface area (Å²) in [6, 6.07) is 18.6. The number of nitrogens with one attached hydrogen (secondary N) is 1. The van der Waals surface area contributed by atoms with Gasteiger partial charge in [0.25, 0.3) is 0 Å². The van der Waals surface area contributed by atoms with Crippen molar-refractivity contribution < 1.29 is 18.0 Å². The molecule has 0 aliphatic carbocycles. The number of hydrogen-bond acceptors (Lipinski definition) is 4. The van der Waals surface area contributed by atoms with Crippen LogP contribution in [0.5, 0.6) is 0 Å². The van der Waals surface area contributed by atoms with Gasteiger partial charge in [0, 0.05) is 21.3 Å². The van der Waals surface area contributed by atoms with Crippen molar-refractivity contribution in [2.45, 2.75) is 17.7 Å². The summed E-state index contributed by atoms with van der Waals surface area (Å²) >= 11 is 12.1. The fraction of sp³-hybridized carbons (Fsp3) is 0.167. The predicted molar refractivity (Wildman–Crippen MR) is 125 cm³/mol. The fourth-order valence-corrected chi connectivity index (χ4v) is 5.91. The highest BCUT2D eigenvalue weighted by Crippen LogP contribution is 2.29. The van der Waals surface area contributed by atoms with Crippen molar-refractivity contribution in [3.8, 4) is 0 Å². The minimum absolute atomic E-state index is 0.0146. The number of anilines is 1. The molecule has 0 saturated heterocycles. The second-order valence-corrected chi connectivity index (χ2v) is 10.5. The van der Waals surface area contributed by atoms with E-state index in [0.717, 1.165) is 24.0 Å². The number of amides is 1. The minimum atomic E-state index is -3.71. The molecule has 4 rings (SSSR count). The van der Waals surface area contributed by atoms with E-state index in [2.05, 4.69) is 5.32 Å². The van der Waals surface area contributed by atoms with Crippen LogP contribution in [-0.4, -0.2) is 25.9 Å². The number of fused-ring (bicyclic) bond motifs is 1. The molecule has 0 bridgehead atoms. The van der Waals surface area contributed by atoms with Gasteiger partial charge in [-0.3, -0.25) is 9.59 Å². The average molecular weight is 488 g/mol. The number of aryl methyl sites for hydroxylation is 2. The normalized spacial score (nSPS) is 16.9. The van der Waals surface area contributed by atoms with Crippen molar-refractivity contribution in [1.82, 2.24) is 0 Å². The summed E-state index contributed by atoms with van der Waals surface area (Å²) in [6.45, 7) is 0. The lowest BCUT2D eigenvalue weighted by Gasteiger charge is -2.22. The second-order valence-electron chi connectivity index (χ2n) is 7.62. The van der Waals surface area contributed by atoms with Gasteiger partial charge in [-0.15, -0.1) is 0 Å². The van der Waals surface area contributed by atoms with Crippen molar-refractivity contribution in [3.05, 3.63) is 93.5 Å². The summed E-state index contributed by atoms with van der Waals surface area (Å²) in [4.78, 5) is 25.4. The molecule has 1 amide bonds. The van der Waals surface area contributed by atoms with Gasteiger partial charge in [0.05, 0.1) is 10.6 Å². The maximum absolute atomic E-state index is 12.7. The monoisotopic (exact) mass is 487 g/mol. The summed E-state index contributed by atoms with van der Waals surface area (Å²) in [5.74, 6) is -2.92. The second kappa shape index (κ2) is 9.06. The Morgan fingerprint density at radius 3 is 2.41 bits per heavy atom. The molecule has 0 fully saturated rings. The Labute approximate surface area is 196 Å². The zero-order valence-corrected chi connectivity index (χ0v) is 19.2. The lowest BCUT2D eigenvalue weighted by atomic mass is 9.97. The highest BCUT2D eigenvalue weighted by Gasteiger charge is 2.40. The molecule has 1 unspecified atom stereocenters. The SMILES string of the molecule is O=C(Nc1ccc(CCc2ccc(Cl)cc2Cl)cc1)C1CS(=O)(=O)c2ccccc2C1=O. The summed E-state index contributed by atoms with van der Waals surface area (Å²) in [6.07, 6.45) is 1.47. The first-order valence-corrected chi connectivity index (χ1v) is 12.3. The van der Waals surface area contributed by atoms with E-state index >= 15 is 0 Å². The van der Waals surface area contributed by atoms with Crippen LogP contribution in [0.4, 0.5) is 5.69 Å². The number of carbonyl (C=O) groups excluding carboxylic acids is 2. The molecule has 3 aromatic rings. The molecule has 1 heterocycles. The standard InChI is InChI=1S/C24H19Cl2NO4S/c25-17-10-9-16(21(26)13-17)8-5-15-6-11-18(12-7-15)27-24(29)20-14-32(30,31)22-4-2-1-3-19(22)23(20)28/h1-4,6-7,9-13,20H,5,8,14H2,(H,27,29). The molecule has 1 atom stereocenters. The molecule has 0 radical (unpaired) electrons. The first-order chi connectivity index (χ1) is 15.2. The van der Waals surface area contributed by atoms with Crippen LogP contribution in [0.25, 0.3) is 0 Å². The van der Waals surface area contributed by atoms with Crippen LogP contribution in [0.3, 0.4) is 0 Å². The molecule has 3 aromatic carbocycles. The average Bonchev–Trinajstić information content (AvgIpc) is 2.77. The van der Waals surface area contributed by atoms with E-state index in [4.69, 9.17) is 23.2 Å². The van der Waals surface area contributed by atoms with Crippen molar-refractivity contribution in [2.24, 2.45) is 5.92 Å². The zero-order valence-electron chi connectivity index (χ0n) is 16.8. The van der Waals surface area contributed by atoms with E-state index in [9.17, 15) is 18.0 Å². The van der Waals surface area contributed by atoms with Gasteiger partial charge in [0.2, 0.25) is 5.91 Å². The first-order valence-electron chi connectivity index (χ1n) is 9.94. The van der Waals surface area contributed by atoms with Gasteiger partial charge in [-0.05, 0) is 54.3 Å². The molecule has 1 N–H and O–H groups in total. The number of hydrogen-bond donors (Lipinski definition) is 1. The number of Topliss-reactive ketones (excluding diaryl/α,β-unsaturated/α-hetero) is 1. The van der Waals surface area contributed by atoms with Crippen molar-refractivity contribution in [2.75, 3.05) is 11.1 Å². The number of benzene rings is 3. The molecule has 1 aliphatic heterocycles. The largest absolute Gasteiger partial charge is 0.325 e. The summed E-state index contributed by atoms with van der Waals surface area (Å²) < 4.78 is 25.0.